The molecule has 31 heavy (non-hydrogen) atoms. The van der Waals surface area contributed by atoms with Crippen LogP contribution in [0.15, 0.2) is 54.1 Å². The first kappa shape index (κ1) is 20.8. The summed E-state index contributed by atoms with van der Waals surface area (Å²) in [5.74, 6) is -1.16. The van der Waals surface area contributed by atoms with Crippen LogP contribution in [-0.4, -0.2) is 35.8 Å². The SMILES string of the molecule is CCCCN1C(=O)NC(=O)C(=Cc2ccc3c(c2)CCCN3Cc2ccccc2)C1=O. The first-order chi connectivity index (χ1) is 15.1. The number of unbranched alkanes of at least 4 members (excludes halogenated alkanes) is 1. The van der Waals surface area contributed by atoms with Crippen LogP contribution in [0.5, 0.6) is 0 Å². The molecule has 0 atom stereocenters. The molecular weight excluding hydrogens is 390 g/mol. The minimum Gasteiger partial charge on any atom is -0.367 e. The van der Waals surface area contributed by atoms with E-state index in [0.29, 0.717) is 13.0 Å². The molecular formula is C25H27N3O3. The Balaban J connectivity index is 1.58. The molecule has 6 nitrogen and oxygen atoms in total. The van der Waals surface area contributed by atoms with Gasteiger partial charge in [-0.05, 0) is 54.2 Å². The molecule has 4 rings (SSSR count). The Labute approximate surface area is 182 Å². The number of imide groups is 2. The van der Waals surface area contributed by atoms with E-state index in [1.54, 1.807) is 6.08 Å². The van der Waals surface area contributed by atoms with Crippen LogP contribution in [0.4, 0.5) is 10.5 Å². The molecule has 0 radical (unpaired) electrons. The number of rotatable bonds is 6. The molecule has 2 aliphatic rings. The van der Waals surface area contributed by atoms with Crippen LogP contribution in [-0.2, 0) is 22.6 Å². The van der Waals surface area contributed by atoms with Crippen molar-refractivity contribution in [2.45, 2.75) is 39.2 Å². The van der Waals surface area contributed by atoms with Crippen molar-refractivity contribution in [2.24, 2.45) is 0 Å². The molecule has 4 amide bonds. The van der Waals surface area contributed by atoms with Gasteiger partial charge >= 0.3 is 6.03 Å². The number of hydrogen-bond donors (Lipinski definition) is 1. The monoisotopic (exact) mass is 417 g/mol. The highest BCUT2D eigenvalue weighted by Gasteiger charge is 2.35. The fourth-order valence-electron chi connectivity index (χ4n) is 4.13. The minimum atomic E-state index is -0.636. The number of benzene rings is 2. The maximum absolute atomic E-state index is 12.8. The molecule has 0 aliphatic carbocycles. The summed E-state index contributed by atoms with van der Waals surface area (Å²) in [4.78, 5) is 40.6. The number of fused-ring (bicyclic) bond motifs is 1. The number of anilines is 1. The van der Waals surface area contributed by atoms with Crippen LogP contribution >= 0.6 is 0 Å². The van der Waals surface area contributed by atoms with Gasteiger partial charge in [0.15, 0.2) is 0 Å². The molecule has 0 unspecified atom stereocenters. The van der Waals surface area contributed by atoms with Crippen LogP contribution in [0.3, 0.4) is 0 Å². The summed E-state index contributed by atoms with van der Waals surface area (Å²) < 4.78 is 0. The number of barbiturate groups is 1. The van der Waals surface area contributed by atoms with Crippen molar-refractivity contribution in [3.8, 4) is 0 Å². The zero-order chi connectivity index (χ0) is 21.8. The van der Waals surface area contributed by atoms with Gasteiger partial charge in [0.2, 0.25) is 0 Å². The molecule has 0 bridgehead atoms. The van der Waals surface area contributed by atoms with E-state index in [1.165, 1.54) is 16.8 Å². The Hall–Kier alpha value is -3.41. The smallest absolute Gasteiger partial charge is 0.331 e. The first-order valence-corrected chi connectivity index (χ1v) is 10.9. The molecule has 6 heteroatoms. The maximum Gasteiger partial charge on any atom is 0.331 e. The predicted molar refractivity (Wildman–Crippen MR) is 120 cm³/mol. The number of nitrogens with one attached hydrogen (secondary N) is 1. The Bertz CT molecular complexity index is 1030. The molecule has 2 aromatic carbocycles. The summed E-state index contributed by atoms with van der Waals surface area (Å²) in [6, 6.07) is 15.8. The average molecular weight is 418 g/mol. The molecule has 1 N–H and O–H groups in total. The molecule has 0 spiro atoms. The van der Waals surface area contributed by atoms with Gasteiger partial charge in [0, 0.05) is 25.3 Å². The van der Waals surface area contributed by atoms with Crippen LogP contribution in [0.1, 0.15) is 42.9 Å². The number of hydrogen-bond acceptors (Lipinski definition) is 4. The number of urea groups is 1. The van der Waals surface area contributed by atoms with Gasteiger partial charge in [0.05, 0.1) is 0 Å². The highest BCUT2D eigenvalue weighted by molar-refractivity contribution is 6.31. The van der Waals surface area contributed by atoms with E-state index >= 15 is 0 Å². The second-order valence-corrected chi connectivity index (χ2v) is 8.03. The van der Waals surface area contributed by atoms with Gasteiger partial charge in [0.1, 0.15) is 5.57 Å². The highest BCUT2D eigenvalue weighted by atomic mass is 16.2. The van der Waals surface area contributed by atoms with Gasteiger partial charge in [-0.25, -0.2) is 4.79 Å². The summed E-state index contributed by atoms with van der Waals surface area (Å²) in [7, 11) is 0. The summed E-state index contributed by atoms with van der Waals surface area (Å²) in [6.45, 7) is 4.15. The fraction of sp³-hybridized carbons (Fsp3) is 0.320. The lowest BCUT2D eigenvalue weighted by molar-refractivity contribution is -0.130. The van der Waals surface area contributed by atoms with Crippen LogP contribution < -0.4 is 10.2 Å². The van der Waals surface area contributed by atoms with Gasteiger partial charge in [-0.1, -0.05) is 49.7 Å². The number of carbonyl (C=O) groups is 3. The number of amides is 4. The van der Waals surface area contributed by atoms with Crippen molar-refractivity contribution < 1.29 is 14.4 Å². The Kier molecular flexibility index (Phi) is 6.16. The lowest BCUT2D eigenvalue weighted by atomic mass is 9.97. The van der Waals surface area contributed by atoms with E-state index in [4.69, 9.17) is 0 Å². The van der Waals surface area contributed by atoms with E-state index in [0.717, 1.165) is 42.8 Å². The zero-order valence-electron chi connectivity index (χ0n) is 17.8. The number of aryl methyl sites for hydroxylation is 1. The molecule has 0 saturated carbocycles. The third kappa shape index (κ3) is 4.53. The lowest BCUT2D eigenvalue weighted by Crippen LogP contribution is -2.54. The quantitative estimate of drug-likeness (QED) is 0.572. The van der Waals surface area contributed by atoms with Crippen LogP contribution in [0.25, 0.3) is 6.08 Å². The largest absolute Gasteiger partial charge is 0.367 e. The fourth-order valence-corrected chi connectivity index (χ4v) is 4.13. The molecule has 1 saturated heterocycles. The Morgan fingerprint density at radius 1 is 1.06 bits per heavy atom. The van der Waals surface area contributed by atoms with E-state index in [9.17, 15) is 14.4 Å². The minimum absolute atomic E-state index is 0.00704. The second kappa shape index (κ2) is 9.16. The molecule has 2 aliphatic heterocycles. The van der Waals surface area contributed by atoms with E-state index in [1.807, 2.05) is 25.1 Å². The van der Waals surface area contributed by atoms with Gasteiger partial charge in [-0.3, -0.25) is 19.8 Å². The van der Waals surface area contributed by atoms with Gasteiger partial charge in [-0.15, -0.1) is 0 Å². The van der Waals surface area contributed by atoms with Crippen molar-refractivity contribution >= 4 is 29.6 Å². The standard InChI is InChI=1S/C25H27N3O3/c1-2-3-14-28-24(30)21(23(29)26-25(28)31)16-19-11-12-22-20(15-19)10-7-13-27(22)17-18-8-5-4-6-9-18/h4-6,8-9,11-12,15-16H,2-3,7,10,13-14,17H2,1H3,(H,26,29,31). The third-order valence-electron chi connectivity index (χ3n) is 5.77. The lowest BCUT2D eigenvalue weighted by Gasteiger charge is -2.32. The topological polar surface area (TPSA) is 69.7 Å². The summed E-state index contributed by atoms with van der Waals surface area (Å²) >= 11 is 0. The summed E-state index contributed by atoms with van der Waals surface area (Å²) in [5, 5.41) is 2.29. The molecule has 2 heterocycles. The zero-order valence-corrected chi connectivity index (χ0v) is 17.8. The molecule has 1 fully saturated rings. The Morgan fingerprint density at radius 3 is 2.65 bits per heavy atom. The predicted octanol–water partition coefficient (Wildman–Crippen LogP) is 3.90. The van der Waals surface area contributed by atoms with Gasteiger partial charge in [0.25, 0.3) is 11.8 Å². The average Bonchev–Trinajstić information content (AvgIpc) is 2.77. The van der Waals surface area contributed by atoms with Crippen molar-refractivity contribution in [3.05, 3.63) is 70.8 Å². The molecule has 2 aromatic rings. The molecule has 160 valence electrons. The van der Waals surface area contributed by atoms with Crippen molar-refractivity contribution in [3.63, 3.8) is 0 Å². The summed E-state index contributed by atoms with van der Waals surface area (Å²) in [6.07, 6.45) is 5.17. The number of nitrogens with zero attached hydrogens (tertiary/aromatic N) is 2. The normalized spacial score (nSPS) is 17.7. The first-order valence-electron chi connectivity index (χ1n) is 10.9. The van der Waals surface area contributed by atoms with E-state index in [-0.39, 0.29) is 5.57 Å². The van der Waals surface area contributed by atoms with Gasteiger partial charge < -0.3 is 4.90 Å². The van der Waals surface area contributed by atoms with Crippen molar-refractivity contribution in [2.75, 3.05) is 18.0 Å². The van der Waals surface area contributed by atoms with Crippen molar-refractivity contribution in [1.82, 2.24) is 10.2 Å². The van der Waals surface area contributed by atoms with Crippen molar-refractivity contribution in [1.29, 1.82) is 0 Å². The van der Waals surface area contributed by atoms with E-state index in [2.05, 4.69) is 40.5 Å². The highest BCUT2D eigenvalue weighted by Crippen LogP contribution is 2.30. The van der Waals surface area contributed by atoms with Gasteiger partial charge in [-0.2, -0.15) is 0 Å². The van der Waals surface area contributed by atoms with E-state index < -0.39 is 17.8 Å². The summed E-state index contributed by atoms with van der Waals surface area (Å²) in [5.41, 5.74) is 4.47. The van der Waals surface area contributed by atoms with Crippen LogP contribution in [0.2, 0.25) is 0 Å². The molecule has 0 aromatic heterocycles. The maximum atomic E-state index is 12.8. The third-order valence-corrected chi connectivity index (χ3v) is 5.77. The number of carbonyl (C=O) groups excluding carboxylic acids is 3. The second-order valence-electron chi connectivity index (χ2n) is 8.03. The van der Waals surface area contributed by atoms with Crippen LogP contribution in [0, 0.1) is 0 Å². The Morgan fingerprint density at radius 2 is 1.87 bits per heavy atom.